The molecule has 0 radical (unpaired) electrons. The number of methoxy groups -OCH3 is 2. The number of anilines is 1. The molecule has 8 heteroatoms. The van der Waals surface area contributed by atoms with Crippen LogP contribution in [0.5, 0.6) is 17.2 Å². The van der Waals surface area contributed by atoms with Gasteiger partial charge < -0.3 is 14.2 Å². The third-order valence-electron chi connectivity index (χ3n) is 5.43. The van der Waals surface area contributed by atoms with Crippen molar-refractivity contribution in [2.24, 2.45) is 0 Å². The summed E-state index contributed by atoms with van der Waals surface area (Å²) in [6, 6.07) is 11.8. The minimum absolute atomic E-state index is 0.0476. The van der Waals surface area contributed by atoms with Crippen molar-refractivity contribution >= 4 is 22.4 Å². The number of nitrogens with one attached hydrogen (secondary N) is 1. The molecule has 0 fully saturated rings. The lowest BCUT2D eigenvalue weighted by atomic mass is 9.98. The molecular formula is C24H27N3O4S. The van der Waals surface area contributed by atoms with Crippen molar-refractivity contribution in [1.82, 2.24) is 9.88 Å². The van der Waals surface area contributed by atoms with Crippen LogP contribution in [-0.4, -0.2) is 43.2 Å². The minimum atomic E-state index is -0.220. The molecule has 168 valence electrons. The molecule has 0 bridgehead atoms. The molecule has 3 aromatic rings. The van der Waals surface area contributed by atoms with E-state index in [0.717, 1.165) is 48.8 Å². The average Bonchev–Trinajstić information content (AvgIpc) is 3.24. The van der Waals surface area contributed by atoms with Crippen LogP contribution in [-0.2, 0) is 24.3 Å². The van der Waals surface area contributed by atoms with Crippen molar-refractivity contribution in [3.63, 3.8) is 0 Å². The molecule has 0 spiro atoms. The number of carbonyl (C=O) groups excluding carboxylic acids is 1. The van der Waals surface area contributed by atoms with Gasteiger partial charge in [-0.2, -0.15) is 0 Å². The second-order valence-corrected chi connectivity index (χ2v) is 8.54. The molecule has 1 amide bonds. The molecule has 1 N–H and O–H groups in total. The topological polar surface area (TPSA) is 72.9 Å². The monoisotopic (exact) mass is 453 g/mol. The lowest BCUT2D eigenvalue weighted by Gasteiger charge is -2.29. The van der Waals surface area contributed by atoms with Crippen molar-refractivity contribution < 1.29 is 19.0 Å². The quantitative estimate of drug-likeness (QED) is 0.555. The van der Waals surface area contributed by atoms with Crippen LogP contribution in [0.3, 0.4) is 0 Å². The maximum absolute atomic E-state index is 12.2. The van der Waals surface area contributed by atoms with Crippen molar-refractivity contribution in [3.05, 3.63) is 64.2 Å². The summed E-state index contributed by atoms with van der Waals surface area (Å²) in [5.74, 6) is 2.01. The van der Waals surface area contributed by atoms with E-state index in [1.54, 1.807) is 14.2 Å². The Balaban J connectivity index is 1.32. The lowest BCUT2D eigenvalue weighted by Crippen LogP contribution is -2.30. The number of ether oxygens (including phenoxy) is 3. The fourth-order valence-corrected chi connectivity index (χ4v) is 4.48. The van der Waals surface area contributed by atoms with Crippen LogP contribution in [0, 0.1) is 6.92 Å². The SMILES string of the molecule is COc1cc2c(cc1OC)CN(Cc1csc(NC(=O)COc3ccccc3C)n1)CC2. The number of nitrogens with zero attached hydrogens (tertiary/aromatic N) is 2. The predicted molar refractivity (Wildman–Crippen MR) is 125 cm³/mol. The summed E-state index contributed by atoms with van der Waals surface area (Å²) in [5, 5.41) is 5.40. The third-order valence-corrected chi connectivity index (χ3v) is 6.24. The van der Waals surface area contributed by atoms with Gasteiger partial charge >= 0.3 is 0 Å². The molecule has 1 aliphatic rings. The Bertz CT molecular complexity index is 1100. The number of benzene rings is 2. The zero-order valence-corrected chi connectivity index (χ0v) is 19.3. The highest BCUT2D eigenvalue weighted by Gasteiger charge is 2.20. The summed E-state index contributed by atoms with van der Waals surface area (Å²) in [6.07, 6.45) is 0.944. The van der Waals surface area contributed by atoms with Gasteiger partial charge in [0.15, 0.2) is 23.2 Å². The second-order valence-electron chi connectivity index (χ2n) is 7.68. The van der Waals surface area contributed by atoms with Gasteiger partial charge in [0.05, 0.1) is 19.9 Å². The maximum Gasteiger partial charge on any atom is 0.264 e. The molecule has 7 nitrogen and oxygen atoms in total. The highest BCUT2D eigenvalue weighted by Crippen LogP contribution is 2.33. The van der Waals surface area contributed by atoms with Crippen molar-refractivity contribution in [1.29, 1.82) is 0 Å². The van der Waals surface area contributed by atoms with Gasteiger partial charge in [-0.05, 0) is 48.2 Å². The van der Waals surface area contributed by atoms with Gasteiger partial charge in [0.25, 0.3) is 5.91 Å². The van der Waals surface area contributed by atoms with Gasteiger partial charge in [0.1, 0.15) is 5.75 Å². The van der Waals surface area contributed by atoms with E-state index in [4.69, 9.17) is 14.2 Å². The highest BCUT2D eigenvalue weighted by molar-refractivity contribution is 7.13. The number of aryl methyl sites for hydroxylation is 1. The number of rotatable bonds is 8. The van der Waals surface area contributed by atoms with Crippen LogP contribution in [0.4, 0.5) is 5.13 Å². The normalized spacial score (nSPS) is 13.3. The van der Waals surface area contributed by atoms with Gasteiger partial charge in [-0.15, -0.1) is 11.3 Å². The van der Waals surface area contributed by atoms with Crippen LogP contribution in [0.15, 0.2) is 41.8 Å². The van der Waals surface area contributed by atoms with E-state index in [0.29, 0.717) is 10.9 Å². The average molecular weight is 454 g/mol. The van der Waals surface area contributed by atoms with E-state index >= 15 is 0 Å². The van der Waals surface area contributed by atoms with Crippen molar-refractivity contribution in [2.75, 3.05) is 32.7 Å². The summed E-state index contributed by atoms with van der Waals surface area (Å²) in [4.78, 5) is 19.2. The van der Waals surface area contributed by atoms with E-state index in [2.05, 4.69) is 27.3 Å². The Morgan fingerprint density at radius 1 is 1.12 bits per heavy atom. The minimum Gasteiger partial charge on any atom is -0.493 e. The molecule has 1 aliphatic heterocycles. The van der Waals surface area contributed by atoms with E-state index in [1.165, 1.54) is 22.5 Å². The lowest BCUT2D eigenvalue weighted by molar-refractivity contribution is -0.118. The van der Waals surface area contributed by atoms with Crippen molar-refractivity contribution in [3.8, 4) is 17.2 Å². The number of carbonyl (C=O) groups is 1. The van der Waals surface area contributed by atoms with Crippen LogP contribution in [0.25, 0.3) is 0 Å². The molecule has 0 saturated carbocycles. The third kappa shape index (κ3) is 5.20. The van der Waals surface area contributed by atoms with Gasteiger partial charge in [-0.3, -0.25) is 15.0 Å². The Labute approximate surface area is 191 Å². The molecule has 4 rings (SSSR count). The number of hydrogen-bond donors (Lipinski definition) is 1. The first-order valence-corrected chi connectivity index (χ1v) is 11.3. The van der Waals surface area contributed by atoms with E-state index in [1.807, 2.05) is 36.6 Å². The summed E-state index contributed by atoms with van der Waals surface area (Å²) in [6.45, 7) is 4.38. The van der Waals surface area contributed by atoms with Crippen LogP contribution in [0.1, 0.15) is 22.4 Å². The zero-order valence-electron chi connectivity index (χ0n) is 18.5. The molecule has 0 aliphatic carbocycles. The van der Waals surface area contributed by atoms with Crippen LogP contribution >= 0.6 is 11.3 Å². The number of thiazole rings is 1. The standard InChI is InChI=1S/C24H27N3O4S/c1-16-6-4-5-7-20(16)31-14-23(28)26-24-25-19(15-32-24)13-27-9-8-17-10-21(29-2)22(30-3)11-18(17)12-27/h4-7,10-11,15H,8-9,12-14H2,1-3H3,(H,25,26,28). The number of hydrogen-bond acceptors (Lipinski definition) is 7. The second kappa shape index (κ2) is 10.0. The Kier molecular flexibility index (Phi) is 6.92. The van der Waals surface area contributed by atoms with Gasteiger partial charge in [-0.25, -0.2) is 4.98 Å². The smallest absolute Gasteiger partial charge is 0.264 e. The molecule has 0 saturated heterocycles. The van der Waals surface area contributed by atoms with Gasteiger partial charge in [-0.1, -0.05) is 18.2 Å². The first kappa shape index (κ1) is 22.1. The maximum atomic E-state index is 12.2. The van der Waals surface area contributed by atoms with E-state index in [9.17, 15) is 4.79 Å². The zero-order chi connectivity index (χ0) is 22.5. The molecule has 0 unspecified atom stereocenters. The van der Waals surface area contributed by atoms with E-state index in [-0.39, 0.29) is 12.5 Å². The summed E-state index contributed by atoms with van der Waals surface area (Å²) in [5.41, 5.74) is 4.47. The first-order chi connectivity index (χ1) is 15.6. The fourth-order valence-electron chi connectivity index (χ4n) is 3.76. The van der Waals surface area contributed by atoms with Crippen LogP contribution in [0.2, 0.25) is 0 Å². The Morgan fingerprint density at radius 3 is 2.62 bits per heavy atom. The molecule has 2 heterocycles. The summed E-state index contributed by atoms with van der Waals surface area (Å²) in [7, 11) is 3.31. The first-order valence-electron chi connectivity index (χ1n) is 10.4. The van der Waals surface area contributed by atoms with Crippen molar-refractivity contribution in [2.45, 2.75) is 26.4 Å². The van der Waals surface area contributed by atoms with Gasteiger partial charge in [0.2, 0.25) is 0 Å². The predicted octanol–water partition coefficient (Wildman–Crippen LogP) is 4.04. The van der Waals surface area contributed by atoms with E-state index < -0.39 is 0 Å². The number of amides is 1. The summed E-state index contributed by atoms with van der Waals surface area (Å²) >= 11 is 1.43. The molecule has 1 aromatic heterocycles. The fraction of sp³-hybridized carbons (Fsp3) is 0.333. The summed E-state index contributed by atoms with van der Waals surface area (Å²) < 4.78 is 16.5. The number of aromatic nitrogens is 1. The number of fused-ring (bicyclic) bond motifs is 1. The largest absolute Gasteiger partial charge is 0.493 e. The molecular weight excluding hydrogens is 426 g/mol. The Hall–Kier alpha value is -3.10. The molecule has 0 atom stereocenters. The number of para-hydroxylation sites is 1. The van der Waals surface area contributed by atoms with Crippen LogP contribution < -0.4 is 19.5 Å². The highest BCUT2D eigenvalue weighted by atomic mass is 32.1. The van der Waals surface area contributed by atoms with Gasteiger partial charge in [0, 0.05) is 25.0 Å². The molecule has 2 aromatic carbocycles. The molecule has 32 heavy (non-hydrogen) atoms. The Morgan fingerprint density at radius 2 is 1.88 bits per heavy atom.